The molecule has 0 unspecified atom stereocenters. The summed E-state index contributed by atoms with van der Waals surface area (Å²) in [5, 5.41) is 9.52. The number of benzene rings is 1. The van der Waals surface area contributed by atoms with Crippen molar-refractivity contribution in [3.05, 3.63) is 27.7 Å². The van der Waals surface area contributed by atoms with Gasteiger partial charge in [0.15, 0.2) is 0 Å². The quantitative estimate of drug-likeness (QED) is 0.918. The zero-order valence-corrected chi connectivity index (χ0v) is 13.5. The van der Waals surface area contributed by atoms with Crippen molar-refractivity contribution < 1.29 is 13.5 Å². The maximum absolute atomic E-state index is 12.7. The summed E-state index contributed by atoms with van der Waals surface area (Å²) in [5.41, 5.74) is 0.317. The van der Waals surface area contributed by atoms with Gasteiger partial charge in [0.1, 0.15) is 4.90 Å². The van der Waals surface area contributed by atoms with Gasteiger partial charge >= 0.3 is 0 Å². The highest BCUT2D eigenvalue weighted by Crippen LogP contribution is 2.34. The number of aliphatic hydroxyl groups excluding tert-OH is 1. The molecule has 0 radical (unpaired) electrons. The van der Waals surface area contributed by atoms with E-state index in [0.29, 0.717) is 5.56 Å². The van der Waals surface area contributed by atoms with Crippen molar-refractivity contribution >= 4 is 33.2 Å². The predicted octanol–water partition coefficient (Wildman–Crippen LogP) is 3.05. The Labute approximate surface area is 129 Å². The molecule has 2 rings (SSSR count). The van der Waals surface area contributed by atoms with E-state index in [1.807, 2.05) is 0 Å². The van der Waals surface area contributed by atoms with Crippen molar-refractivity contribution in [2.24, 2.45) is 0 Å². The highest BCUT2D eigenvalue weighted by molar-refractivity contribution is 7.89. The lowest BCUT2D eigenvalue weighted by Crippen LogP contribution is -2.35. The molecule has 7 heteroatoms. The fourth-order valence-corrected chi connectivity index (χ4v) is 4.85. The van der Waals surface area contributed by atoms with Crippen molar-refractivity contribution in [3.8, 4) is 0 Å². The van der Waals surface area contributed by atoms with Gasteiger partial charge in [-0.3, -0.25) is 0 Å². The lowest BCUT2D eigenvalue weighted by Gasteiger charge is -2.24. The first kappa shape index (κ1) is 16.0. The summed E-state index contributed by atoms with van der Waals surface area (Å²) < 4.78 is 26.7. The standard InChI is InChI=1S/C13H17Cl2NO3S/c1-16(11-4-2-3-5-11)20(18,19)12-7-10(14)6-9(8-17)13(12)15/h6-7,11,17H,2-5,8H2,1H3. The molecule has 0 bridgehead atoms. The zero-order valence-electron chi connectivity index (χ0n) is 11.1. The second-order valence-electron chi connectivity index (χ2n) is 4.99. The van der Waals surface area contributed by atoms with Gasteiger partial charge < -0.3 is 5.11 Å². The summed E-state index contributed by atoms with van der Waals surface area (Å²) in [6.07, 6.45) is 3.80. The third-order valence-corrected chi connectivity index (χ3v) is 6.46. The molecule has 0 saturated heterocycles. The highest BCUT2D eigenvalue weighted by Gasteiger charge is 2.32. The van der Waals surface area contributed by atoms with Crippen LogP contribution in [0.25, 0.3) is 0 Å². The summed E-state index contributed by atoms with van der Waals surface area (Å²) in [6, 6.07) is 2.81. The van der Waals surface area contributed by atoms with E-state index in [4.69, 9.17) is 23.2 Å². The lowest BCUT2D eigenvalue weighted by atomic mass is 10.2. The van der Waals surface area contributed by atoms with Crippen LogP contribution in [-0.4, -0.2) is 30.9 Å². The Morgan fingerprint density at radius 3 is 2.45 bits per heavy atom. The van der Waals surface area contributed by atoms with E-state index >= 15 is 0 Å². The number of hydrogen-bond donors (Lipinski definition) is 1. The van der Waals surface area contributed by atoms with E-state index in [-0.39, 0.29) is 27.6 Å². The number of halogens is 2. The molecular weight excluding hydrogens is 321 g/mol. The Hall–Kier alpha value is -0.330. The van der Waals surface area contributed by atoms with Crippen LogP contribution in [0.3, 0.4) is 0 Å². The molecule has 0 spiro atoms. The topological polar surface area (TPSA) is 57.6 Å². The molecule has 0 aliphatic heterocycles. The van der Waals surface area contributed by atoms with Gasteiger partial charge in [0, 0.05) is 18.1 Å². The van der Waals surface area contributed by atoms with Crippen molar-refractivity contribution in [1.82, 2.24) is 4.31 Å². The molecule has 4 nitrogen and oxygen atoms in total. The summed E-state index contributed by atoms with van der Waals surface area (Å²) in [7, 11) is -2.13. The third-order valence-electron chi connectivity index (χ3n) is 3.75. The Morgan fingerprint density at radius 1 is 1.30 bits per heavy atom. The van der Waals surface area contributed by atoms with Gasteiger partial charge in [0.05, 0.1) is 11.6 Å². The number of nitrogens with zero attached hydrogens (tertiary/aromatic N) is 1. The minimum Gasteiger partial charge on any atom is -0.392 e. The molecule has 1 saturated carbocycles. The van der Waals surface area contributed by atoms with Crippen LogP contribution in [0.15, 0.2) is 17.0 Å². The monoisotopic (exact) mass is 337 g/mol. The van der Waals surface area contributed by atoms with Gasteiger partial charge in [-0.25, -0.2) is 8.42 Å². The molecule has 0 heterocycles. The van der Waals surface area contributed by atoms with Crippen LogP contribution in [0.1, 0.15) is 31.2 Å². The SMILES string of the molecule is CN(C1CCCC1)S(=O)(=O)c1cc(Cl)cc(CO)c1Cl. The normalized spacial score (nSPS) is 17.1. The second-order valence-corrected chi connectivity index (χ2v) is 7.78. The van der Waals surface area contributed by atoms with Gasteiger partial charge in [-0.05, 0) is 30.5 Å². The molecular formula is C13H17Cl2NO3S. The highest BCUT2D eigenvalue weighted by atomic mass is 35.5. The molecule has 1 aromatic rings. The number of rotatable bonds is 4. The van der Waals surface area contributed by atoms with E-state index in [1.54, 1.807) is 7.05 Å². The lowest BCUT2D eigenvalue weighted by molar-refractivity contribution is 0.281. The Kier molecular flexibility index (Phi) is 4.97. The molecule has 1 N–H and O–H groups in total. The van der Waals surface area contributed by atoms with Gasteiger partial charge in [-0.15, -0.1) is 0 Å². The van der Waals surface area contributed by atoms with E-state index < -0.39 is 10.0 Å². The van der Waals surface area contributed by atoms with Gasteiger partial charge in [0.25, 0.3) is 0 Å². The molecule has 1 aromatic carbocycles. The van der Waals surface area contributed by atoms with Crippen LogP contribution in [0, 0.1) is 0 Å². The first-order valence-corrected chi connectivity index (χ1v) is 8.64. The molecule has 0 amide bonds. The minimum absolute atomic E-state index is 0.00706. The minimum atomic E-state index is -3.70. The average Bonchev–Trinajstić information content (AvgIpc) is 2.93. The predicted molar refractivity (Wildman–Crippen MR) is 79.6 cm³/mol. The van der Waals surface area contributed by atoms with Crippen molar-refractivity contribution in [1.29, 1.82) is 0 Å². The van der Waals surface area contributed by atoms with Crippen LogP contribution in [-0.2, 0) is 16.6 Å². The second kappa shape index (κ2) is 6.20. The van der Waals surface area contributed by atoms with Crippen LogP contribution >= 0.6 is 23.2 Å². The Bertz CT molecular complexity index is 598. The fourth-order valence-electron chi connectivity index (χ4n) is 2.54. The molecule has 1 aliphatic carbocycles. The molecule has 1 fully saturated rings. The van der Waals surface area contributed by atoms with Gasteiger partial charge in [0.2, 0.25) is 10.0 Å². The largest absolute Gasteiger partial charge is 0.392 e. The average molecular weight is 338 g/mol. The Morgan fingerprint density at radius 2 is 1.90 bits per heavy atom. The van der Waals surface area contributed by atoms with Crippen LogP contribution in [0.4, 0.5) is 0 Å². The maximum Gasteiger partial charge on any atom is 0.244 e. The smallest absolute Gasteiger partial charge is 0.244 e. The first-order chi connectivity index (χ1) is 9.37. The summed E-state index contributed by atoms with van der Waals surface area (Å²) >= 11 is 12.0. The van der Waals surface area contributed by atoms with Gasteiger partial charge in [-0.1, -0.05) is 36.0 Å². The van der Waals surface area contributed by atoms with Crippen LogP contribution in [0.5, 0.6) is 0 Å². The number of hydrogen-bond acceptors (Lipinski definition) is 3. The number of aliphatic hydroxyl groups is 1. The molecule has 0 aromatic heterocycles. The molecule has 112 valence electrons. The number of sulfonamides is 1. The van der Waals surface area contributed by atoms with E-state index in [2.05, 4.69) is 0 Å². The van der Waals surface area contributed by atoms with E-state index in [1.165, 1.54) is 16.4 Å². The summed E-state index contributed by atoms with van der Waals surface area (Å²) in [5.74, 6) is 0. The van der Waals surface area contributed by atoms with Crippen LogP contribution in [0.2, 0.25) is 10.0 Å². The zero-order chi connectivity index (χ0) is 14.9. The third kappa shape index (κ3) is 2.97. The van der Waals surface area contributed by atoms with Crippen molar-refractivity contribution in [3.63, 3.8) is 0 Å². The molecule has 0 atom stereocenters. The Balaban J connectivity index is 2.45. The maximum atomic E-state index is 12.7. The molecule has 1 aliphatic rings. The van der Waals surface area contributed by atoms with E-state index in [9.17, 15) is 13.5 Å². The van der Waals surface area contributed by atoms with Crippen molar-refractivity contribution in [2.45, 2.75) is 43.2 Å². The first-order valence-electron chi connectivity index (χ1n) is 6.44. The fraction of sp³-hybridized carbons (Fsp3) is 0.538. The van der Waals surface area contributed by atoms with E-state index in [0.717, 1.165) is 25.7 Å². The summed E-state index contributed by atoms with van der Waals surface area (Å²) in [6.45, 7) is -0.352. The molecule has 20 heavy (non-hydrogen) atoms. The van der Waals surface area contributed by atoms with Gasteiger partial charge in [-0.2, -0.15) is 4.31 Å². The van der Waals surface area contributed by atoms with Crippen molar-refractivity contribution in [2.75, 3.05) is 7.05 Å². The van der Waals surface area contributed by atoms with Crippen LogP contribution < -0.4 is 0 Å². The summed E-state index contributed by atoms with van der Waals surface area (Å²) in [4.78, 5) is -0.0369.